The normalized spacial score (nSPS) is 18.8. The number of aliphatic imine (C=N–C) groups is 1. The molecule has 0 spiro atoms. The van der Waals surface area contributed by atoms with E-state index >= 15 is 0 Å². The number of carbonyl (C=O) groups excluding carboxylic acids is 1. The van der Waals surface area contributed by atoms with Crippen molar-refractivity contribution < 1.29 is 14.6 Å². The predicted molar refractivity (Wildman–Crippen MR) is 119 cm³/mol. The van der Waals surface area contributed by atoms with Crippen molar-refractivity contribution >= 4 is 61.5 Å². The molecule has 1 N–H and O–H groups in total. The number of aliphatic hydroxyl groups excluding tert-OH is 1. The Bertz CT molecular complexity index is 1260. The SMILES string of the molecule is CC1CCCCOc2cc(CO)c[c]3c2N=C([C](=O)[Sn]3)c2cccc3c(=O)n1sc23. The summed E-state index contributed by atoms with van der Waals surface area (Å²) in [4.78, 5) is 30.9. The Hall–Kier alpha value is -1.97. The van der Waals surface area contributed by atoms with Gasteiger partial charge in [0.15, 0.2) is 0 Å². The maximum absolute atomic E-state index is 13.1. The van der Waals surface area contributed by atoms with Gasteiger partial charge in [-0.15, -0.1) is 0 Å². The molecule has 0 amide bonds. The molecule has 30 heavy (non-hydrogen) atoms. The van der Waals surface area contributed by atoms with E-state index in [1.54, 1.807) is 0 Å². The average molecular weight is 527 g/mol. The van der Waals surface area contributed by atoms with Crippen LogP contribution >= 0.6 is 11.5 Å². The number of hydrogen-bond donors (Lipinski definition) is 1. The summed E-state index contributed by atoms with van der Waals surface area (Å²) in [5.74, 6) is 0.644. The number of aromatic nitrogens is 1. The summed E-state index contributed by atoms with van der Waals surface area (Å²) in [6.07, 6.45) is 2.69. The fourth-order valence-electron chi connectivity index (χ4n) is 3.98. The van der Waals surface area contributed by atoms with Crippen molar-refractivity contribution in [2.45, 2.75) is 38.8 Å². The Morgan fingerprint density at radius 1 is 1.30 bits per heavy atom. The molecule has 2 aromatic carbocycles. The van der Waals surface area contributed by atoms with Crippen LogP contribution in [0.4, 0.5) is 5.69 Å². The molecule has 8 heteroatoms. The summed E-state index contributed by atoms with van der Waals surface area (Å²) in [5, 5.41) is 10.3. The van der Waals surface area contributed by atoms with E-state index in [1.807, 2.05) is 34.3 Å². The molecule has 5 rings (SSSR count). The van der Waals surface area contributed by atoms with E-state index in [0.29, 0.717) is 23.5 Å². The molecule has 3 aromatic rings. The van der Waals surface area contributed by atoms with Crippen LogP contribution in [0.1, 0.15) is 43.4 Å². The number of ether oxygens (including phenoxy) is 1. The number of rotatable bonds is 1. The predicted octanol–water partition coefficient (Wildman–Crippen LogP) is 2.67. The molecule has 2 aliphatic heterocycles. The van der Waals surface area contributed by atoms with Crippen molar-refractivity contribution in [2.24, 2.45) is 4.99 Å². The molecule has 1 unspecified atom stereocenters. The Morgan fingerprint density at radius 3 is 3.00 bits per heavy atom. The summed E-state index contributed by atoms with van der Waals surface area (Å²) >= 11 is -0.192. The first-order valence-electron chi connectivity index (χ1n) is 10.0. The molecule has 4 bridgehead atoms. The van der Waals surface area contributed by atoms with Crippen LogP contribution < -0.4 is 13.9 Å². The Kier molecular flexibility index (Phi) is 5.28. The molecule has 0 aliphatic carbocycles. The standard InChI is InChI=1S/C22H20N2O4S.Sn/c1-14-5-2-3-10-28-20-11-15(12-25)8-9-18(20)23-19(13-26)16-6-4-7-17-21(16)29-24(14)22(17)27;/h4,6-8,11,14,25H,2-3,5,10,12H2,1H3;. The van der Waals surface area contributed by atoms with E-state index in [9.17, 15) is 14.7 Å². The van der Waals surface area contributed by atoms with Crippen LogP contribution in [0.25, 0.3) is 10.1 Å². The van der Waals surface area contributed by atoms with Gasteiger partial charge in [-0.2, -0.15) is 0 Å². The van der Waals surface area contributed by atoms with Crippen molar-refractivity contribution in [1.82, 2.24) is 3.96 Å². The average Bonchev–Trinajstić information content (AvgIpc) is 3.09. The van der Waals surface area contributed by atoms with Crippen LogP contribution in [0.3, 0.4) is 0 Å². The Labute approximate surface area is 187 Å². The second kappa shape index (κ2) is 7.94. The van der Waals surface area contributed by atoms with Crippen molar-refractivity contribution in [3.05, 3.63) is 51.8 Å². The molecule has 0 fully saturated rings. The molecule has 152 valence electrons. The van der Waals surface area contributed by atoms with E-state index in [-0.39, 0.29) is 22.0 Å². The summed E-state index contributed by atoms with van der Waals surface area (Å²) in [6.45, 7) is 2.51. The van der Waals surface area contributed by atoms with Gasteiger partial charge >= 0.3 is 188 Å². The van der Waals surface area contributed by atoms with E-state index < -0.39 is 21.1 Å². The third kappa shape index (κ3) is 3.32. The van der Waals surface area contributed by atoms with Gasteiger partial charge < -0.3 is 0 Å². The molecule has 2 aliphatic rings. The van der Waals surface area contributed by atoms with Gasteiger partial charge in [0.2, 0.25) is 0 Å². The van der Waals surface area contributed by atoms with E-state index in [0.717, 1.165) is 44.4 Å². The van der Waals surface area contributed by atoms with Crippen molar-refractivity contribution in [3.8, 4) is 5.75 Å². The fraction of sp³-hybridized carbons (Fsp3) is 0.318. The third-order valence-electron chi connectivity index (χ3n) is 5.57. The molecule has 1 atom stereocenters. The first kappa shape index (κ1) is 20.0. The Balaban J connectivity index is 1.78. The molecule has 1 aromatic heterocycles. The summed E-state index contributed by atoms with van der Waals surface area (Å²) in [7, 11) is 0. The third-order valence-corrected chi connectivity index (χ3v) is 10.1. The topological polar surface area (TPSA) is 80.9 Å². The van der Waals surface area contributed by atoms with E-state index in [1.165, 1.54) is 11.5 Å². The Morgan fingerprint density at radius 2 is 2.17 bits per heavy atom. The van der Waals surface area contributed by atoms with Crippen LogP contribution in [0.5, 0.6) is 5.75 Å². The van der Waals surface area contributed by atoms with Gasteiger partial charge in [0.05, 0.1) is 0 Å². The number of benzene rings is 2. The molecule has 0 saturated heterocycles. The van der Waals surface area contributed by atoms with Gasteiger partial charge in [-0.3, -0.25) is 0 Å². The van der Waals surface area contributed by atoms with Crippen LogP contribution in [0, 0.1) is 0 Å². The summed E-state index contributed by atoms with van der Waals surface area (Å²) in [6, 6.07) is 9.38. The van der Waals surface area contributed by atoms with Gasteiger partial charge in [-0.1, -0.05) is 0 Å². The fourth-order valence-corrected chi connectivity index (χ4v) is 8.33. The van der Waals surface area contributed by atoms with E-state index in [4.69, 9.17) is 9.73 Å². The molecular weight excluding hydrogens is 507 g/mol. The first-order valence-corrected chi connectivity index (χ1v) is 13.6. The molecule has 3 heterocycles. The van der Waals surface area contributed by atoms with Gasteiger partial charge in [0.25, 0.3) is 0 Å². The zero-order valence-corrected chi connectivity index (χ0v) is 20.1. The summed E-state index contributed by atoms with van der Waals surface area (Å²) < 4.78 is 9.75. The number of carbonyl (C=O) groups is 1. The molecular formula is C22H20N2O4SSn. The monoisotopic (exact) mass is 528 g/mol. The second-order valence-corrected chi connectivity index (χ2v) is 12.2. The minimum atomic E-state index is -1.63. The zero-order chi connectivity index (χ0) is 20.8. The van der Waals surface area contributed by atoms with Gasteiger partial charge in [0, 0.05) is 0 Å². The second-order valence-electron chi connectivity index (χ2n) is 7.66. The molecule has 2 radical (unpaired) electrons. The zero-order valence-electron chi connectivity index (χ0n) is 16.5. The number of hydrogen-bond acceptors (Lipinski definition) is 6. The van der Waals surface area contributed by atoms with Crippen LogP contribution in [0.15, 0.2) is 40.1 Å². The number of fused-ring (bicyclic) bond motifs is 2. The van der Waals surface area contributed by atoms with Gasteiger partial charge in [0.1, 0.15) is 0 Å². The quantitative estimate of drug-likeness (QED) is 0.494. The van der Waals surface area contributed by atoms with E-state index in [2.05, 4.69) is 6.92 Å². The van der Waals surface area contributed by atoms with Crippen molar-refractivity contribution in [3.63, 3.8) is 0 Å². The van der Waals surface area contributed by atoms with Crippen LogP contribution in [0.2, 0.25) is 0 Å². The number of nitrogens with zero attached hydrogens (tertiary/aromatic N) is 2. The molecule has 6 nitrogen and oxygen atoms in total. The van der Waals surface area contributed by atoms with Gasteiger partial charge in [-0.25, -0.2) is 0 Å². The maximum atomic E-state index is 13.1. The van der Waals surface area contributed by atoms with Crippen molar-refractivity contribution in [1.29, 1.82) is 0 Å². The number of aliphatic hydroxyl groups is 1. The molecule has 0 saturated carbocycles. The van der Waals surface area contributed by atoms with Crippen LogP contribution in [-0.4, -0.2) is 46.3 Å². The minimum absolute atomic E-state index is 0.00740. The van der Waals surface area contributed by atoms with Gasteiger partial charge in [-0.05, 0) is 0 Å². The first-order chi connectivity index (χ1) is 14.6. The van der Waals surface area contributed by atoms with Crippen LogP contribution in [-0.2, 0) is 11.4 Å². The van der Waals surface area contributed by atoms with Crippen molar-refractivity contribution in [2.75, 3.05) is 6.61 Å². The summed E-state index contributed by atoms with van der Waals surface area (Å²) in [5.41, 5.74) is 2.67.